The van der Waals surface area contributed by atoms with E-state index in [9.17, 15) is 10.1 Å². The van der Waals surface area contributed by atoms with Crippen LogP contribution >= 0.6 is 15.9 Å². The summed E-state index contributed by atoms with van der Waals surface area (Å²) in [5.74, 6) is 0.180. The largest absolute Gasteiger partial charge is 0.300 e. The number of hydrogen-bond acceptors (Lipinski definition) is 2. The first-order valence-corrected chi connectivity index (χ1v) is 5.98. The molecular weight excluding hydrogens is 266 g/mol. The van der Waals surface area contributed by atoms with Crippen molar-refractivity contribution < 1.29 is 4.79 Å². The first-order valence-electron chi connectivity index (χ1n) is 5.19. The Morgan fingerprint density at radius 3 is 2.19 bits per heavy atom. The number of halogens is 1. The van der Waals surface area contributed by atoms with E-state index in [4.69, 9.17) is 0 Å². The summed E-state index contributed by atoms with van der Waals surface area (Å²) in [5, 5.41) is 9.24. The number of Topliss-reactive ketones (excluding diaryl/α,β-unsaturated/α-hetero) is 1. The highest BCUT2D eigenvalue weighted by Crippen LogP contribution is 2.42. The lowest BCUT2D eigenvalue weighted by molar-refractivity contribution is -0.126. The van der Waals surface area contributed by atoms with E-state index in [1.165, 1.54) is 0 Å². The summed E-state index contributed by atoms with van der Waals surface area (Å²) < 4.78 is 1.08. The fraction of sp³-hybridized carbons (Fsp3) is 0.385. The molecule has 1 aromatic carbocycles. The first-order chi connectivity index (χ1) is 7.48. The Bertz CT molecular complexity index is 482. The molecule has 0 bridgehead atoms. The van der Waals surface area contributed by atoms with Gasteiger partial charge >= 0.3 is 0 Å². The Morgan fingerprint density at radius 2 is 1.81 bits per heavy atom. The lowest BCUT2D eigenvalue weighted by Gasteiger charge is -2.34. The van der Waals surface area contributed by atoms with E-state index in [0.29, 0.717) is 12.8 Å². The molecule has 16 heavy (non-hydrogen) atoms. The SMILES string of the molecule is Cc1cc(C2(C#N)CC(=O)C2)cc(C)c1Br. The van der Waals surface area contributed by atoms with Crippen LogP contribution in [-0.4, -0.2) is 5.78 Å². The zero-order valence-corrected chi connectivity index (χ0v) is 10.9. The zero-order valence-electron chi connectivity index (χ0n) is 9.30. The summed E-state index contributed by atoms with van der Waals surface area (Å²) in [7, 11) is 0. The fourth-order valence-corrected chi connectivity index (χ4v) is 2.42. The number of benzene rings is 1. The summed E-state index contributed by atoms with van der Waals surface area (Å²) in [6.45, 7) is 4.01. The quantitative estimate of drug-likeness (QED) is 0.791. The number of rotatable bonds is 1. The topological polar surface area (TPSA) is 40.9 Å². The van der Waals surface area contributed by atoms with Crippen molar-refractivity contribution in [2.75, 3.05) is 0 Å². The molecule has 0 aromatic heterocycles. The molecule has 1 aliphatic rings. The fourth-order valence-electron chi connectivity index (χ4n) is 2.19. The van der Waals surface area contributed by atoms with Crippen LogP contribution in [0.1, 0.15) is 29.5 Å². The van der Waals surface area contributed by atoms with Crippen molar-refractivity contribution in [1.82, 2.24) is 0 Å². The van der Waals surface area contributed by atoms with Crippen LogP contribution in [0.4, 0.5) is 0 Å². The minimum absolute atomic E-state index is 0.180. The van der Waals surface area contributed by atoms with E-state index in [0.717, 1.165) is 21.2 Å². The predicted octanol–water partition coefficient (Wildman–Crippen LogP) is 3.19. The number of carbonyl (C=O) groups is 1. The zero-order chi connectivity index (χ0) is 11.9. The van der Waals surface area contributed by atoms with Gasteiger partial charge in [-0.25, -0.2) is 0 Å². The third-order valence-electron chi connectivity index (χ3n) is 3.20. The number of hydrogen-bond donors (Lipinski definition) is 0. The molecule has 0 aliphatic heterocycles. The standard InChI is InChI=1S/C13H12BrNO/c1-8-3-10(4-9(2)12(8)14)13(7-15)5-11(16)6-13/h3-4H,5-6H2,1-2H3. The first kappa shape index (κ1) is 11.3. The van der Waals surface area contributed by atoms with Crippen LogP contribution < -0.4 is 0 Å². The number of ketones is 1. The van der Waals surface area contributed by atoms with Gasteiger partial charge < -0.3 is 0 Å². The second kappa shape index (κ2) is 3.71. The summed E-state index contributed by atoms with van der Waals surface area (Å²) >= 11 is 3.50. The lowest BCUT2D eigenvalue weighted by Crippen LogP contribution is -2.40. The smallest absolute Gasteiger partial charge is 0.136 e. The van der Waals surface area contributed by atoms with Gasteiger partial charge in [-0.15, -0.1) is 0 Å². The average molecular weight is 278 g/mol. The molecule has 1 aliphatic carbocycles. The van der Waals surface area contributed by atoms with Gasteiger partial charge in [0.1, 0.15) is 5.78 Å². The van der Waals surface area contributed by atoms with Crippen molar-refractivity contribution in [2.45, 2.75) is 32.1 Å². The Hall–Kier alpha value is -1.14. The van der Waals surface area contributed by atoms with Crippen LogP contribution in [-0.2, 0) is 10.2 Å². The van der Waals surface area contributed by atoms with E-state index in [2.05, 4.69) is 22.0 Å². The van der Waals surface area contributed by atoms with Gasteiger partial charge in [-0.3, -0.25) is 4.79 Å². The van der Waals surface area contributed by atoms with Crippen LogP contribution in [0.15, 0.2) is 16.6 Å². The Labute approximate surface area is 103 Å². The van der Waals surface area contributed by atoms with Crippen LogP contribution in [0.25, 0.3) is 0 Å². The summed E-state index contributed by atoms with van der Waals surface area (Å²) in [6, 6.07) is 6.31. The summed E-state index contributed by atoms with van der Waals surface area (Å²) in [5.41, 5.74) is 2.65. The monoisotopic (exact) mass is 277 g/mol. The molecule has 0 spiro atoms. The van der Waals surface area contributed by atoms with Gasteiger partial charge in [0.05, 0.1) is 11.5 Å². The Balaban J connectivity index is 2.50. The van der Waals surface area contributed by atoms with Crippen molar-refractivity contribution in [3.63, 3.8) is 0 Å². The van der Waals surface area contributed by atoms with Gasteiger partial charge in [0.25, 0.3) is 0 Å². The normalized spacial score (nSPS) is 17.8. The van der Waals surface area contributed by atoms with E-state index in [1.54, 1.807) is 0 Å². The van der Waals surface area contributed by atoms with Gasteiger partial charge in [-0.2, -0.15) is 5.26 Å². The highest BCUT2D eigenvalue weighted by atomic mass is 79.9. The third-order valence-corrected chi connectivity index (χ3v) is 4.45. The molecule has 0 atom stereocenters. The minimum atomic E-state index is -0.562. The molecule has 0 radical (unpaired) electrons. The minimum Gasteiger partial charge on any atom is -0.300 e. The molecule has 3 heteroatoms. The highest BCUT2D eigenvalue weighted by Gasteiger charge is 2.45. The molecule has 82 valence electrons. The van der Waals surface area contributed by atoms with Crippen LogP contribution in [0.5, 0.6) is 0 Å². The highest BCUT2D eigenvalue weighted by molar-refractivity contribution is 9.10. The molecule has 0 saturated heterocycles. The molecule has 0 N–H and O–H groups in total. The van der Waals surface area contributed by atoms with Crippen molar-refractivity contribution in [1.29, 1.82) is 5.26 Å². The molecule has 0 heterocycles. The van der Waals surface area contributed by atoms with Crippen molar-refractivity contribution in [2.24, 2.45) is 0 Å². The molecule has 0 amide bonds. The summed E-state index contributed by atoms with van der Waals surface area (Å²) in [6.07, 6.45) is 0.730. The Morgan fingerprint density at radius 1 is 1.31 bits per heavy atom. The van der Waals surface area contributed by atoms with Crippen molar-refractivity contribution >= 4 is 21.7 Å². The van der Waals surface area contributed by atoms with E-state index >= 15 is 0 Å². The van der Waals surface area contributed by atoms with Gasteiger partial charge in [0.2, 0.25) is 0 Å². The molecule has 2 rings (SSSR count). The van der Waals surface area contributed by atoms with Crippen LogP contribution in [0.2, 0.25) is 0 Å². The Kier molecular flexibility index (Phi) is 2.63. The number of carbonyl (C=O) groups excluding carboxylic acids is 1. The maximum atomic E-state index is 11.1. The molecule has 1 aromatic rings. The third kappa shape index (κ3) is 1.58. The van der Waals surface area contributed by atoms with Crippen molar-refractivity contribution in [3.05, 3.63) is 33.3 Å². The number of aryl methyl sites for hydroxylation is 2. The lowest BCUT2D eigenvalue weighted by atomic mass is 9.64. The van der Waals surface area contributed by atoms with Gasteiger partial charge in [-0.1, -0.05) is 28.1 Å². The van der Waals surface area contributed by atoms with Crippen LogP contribution in [0.3, 0.4) is 0 Å². The predicted molar refractivity (Wildman–Crippen MR) is 65.1 cm³/mol. The van der Waals surface area contributed by atoms with Crippen molar-refractivity contribution in [3.8, 4) is 6.07 Å². The maximum Gasteiger partial charge on any atom is 0.136 e. The summed E-state index contributed by atoms with van der Waals surface area (Å²) in [4.78, 5) is 11.1. The van der Waals surface area contributed by atoms with E-state index in [-0.39, 0.29) is 5.78 Å². The molecular formula is C13H12BrNO. The molecule has 0 unspecified atom stereocenters. The second-order valence-electron chi connectivity index (χ2n) is 4.51. The molecule has 1 fully saturated rings. The van der Waals surface area contributed by atoms with E-state index < -0.39 is 5.41 Å². The van der Waals surface area contributed by atoms with Crippen LogP contribution in [0, 0.1) is 25.2 Å². The second-order valence-corrected chi connectivity index (χ2v) is 5.30. The maximum absolute atomic E-state index is 11.1. The van der Waals surface area contributed by atoms with Gasteiger partial charge in [-0.05, 0) is 30.5 Å². The molecule has 2 nitrogen and oxygen atoms in total. The van der Waals surface area contributed by atoms with Gasteiger partial charge in [0, 0.05) is 17.3 Å². The number of nitriles is 1. The number of nitrogens with zero attached hydrogens (tertiary/aromatic N) is 1. The molecule has 1 saturated carbocycles. The van der Waals surface area contributed by atoms with E-state index in [1.807, 2.05) is 26.0 Å². The average Bonchev–Trinajstić information content (AvgIpc) is 2.20. The van der Waals surface area contributed by atoms with Gasteiger partial charge in [0.15, 0.2) is 0 Å².